The number of amides is 2. The summed E-state index contributed by atoms with van der Waals surface area (Å²) in [7, 11) is -4.06. The Morgan fingerprint density at radius 3 is 2.42 bits per heavy atom. The van der Waals surface area contributed by atoms with Crippen LogP contribution in [0.4, 0.5) is 10.5 Å². The number of nitrogens with two attached hydrogens (primary N) is 1. The van der Waals surface area contributed by atoms with E-state index in [1.165, 1.54) is 18.2 Å². The monoisotopic (exact) mass is 305 g/mol. The van der Waals surface area contributed by atoms with E-state index < -0.39 is 21.6 Å². The van der Waals surface area contributed by atoms with Crippen molar-refractivity contribution in [2.75, 3.05) is 5.73 Å². The number of hydrogen-bond acceptors (Lipinski definition) is 4. The van der Waals surface area contributed by atoms with E-state index >= 15 is 0 Å². The molecule has 0 aromatic heterocycles. The Morgan fingerprint density at radius 2 is 1.89 bits per heavy atom. The number of anilines is 1. The SMILES string of the molecule is CC(C)(C)NC(=O)NS(=O)(=O)c1cc(Cl)ccc1N. The second-order valence-electron chi connectivity index (χ2n) is 4.99. The molecule has 0 radical (unpaired) electrons. The van der Waals surface area contributed by atoms with E-state index in [1.54, 1.807) is 20.8 Å². The van der Waals surface area contributed by atoms with Crippen LogP contribution < -0.4 is 15.8 Å². The molecule has 1 rings (SSSR count). The van der Waals surface area contributed by atoms with Gasteiger partial charge in [-0.3, -0.25) is 0 Å². The maximum Gasteiger partial charge on any atom is 0.329 e. The van der Waals surface area contributed by atoms with Gasteiger partial charge in [0.25, 0.3) is 10.0 Å². The molecule has 106 valence electrons. The second kappa shape index (κ2) is 5.26. The van der Waals surface area contributed by atoms with Gasteiger partial charge in [0.1, 0.15) is 4.90 Å². The van der Waals surface area contributed by atoms with Crippen LogP contribution in [0.15, 0.2) is 23.1 Å². The Hall–Kier alpha value is -1.47. The van der Waals surface area contributed by atoms with Crippen molar-refractivity contribution in [3.8, 4) is 0 Å². The van der Waals surface area contributed by atoms with Gasteiger partial charge in [0, 0.05) is 10.6 Å². The zero-order valence-electron chi connectivity index (χ0n) is 10.8. The van der Waals surface area contributed by atoms with Crippen molar-refractivity contribution in [3.63, 3.8) is 0 Å². The van der Waals surface area contributed by atoms with Crippen LogP contribution in [0.1, 0.15) is 20.8 Å². The van der Waals surface area contributed by atoms with Crippen molar-refractivity contribution in [3.05, 3.63) is 23.2 Å². The van der Waals surface area contributed by atoms with Gasteiger partial charge in [0.2, 0.25) is 0 Å². The molecule has 0 bridgehead atoms. The highest BCUT2D eigenvalue weighted by atomic mass is 35.5. The van der Waals surface area contributed by atoms with Crippen molar-refractivity contribution in [2.45, 2.75) is 31.2 Å². The van der Waals surface area contributed by atoms with Crippen molar-refractivity contribution in [2.24, 2.45) is 0 Å². The first-order valence-corrected chi connectivity index (χ1v) is 7.27. The molecule has 6 nitrogen and oxygen atoms in total. The third-order valence-electron chi connectivity index (χ3n) is 1.98. The summed E-state index contributed by atoms with van der Waals surface area (Å²) < 4.78 is 25.9. The topological polar surface area (TPSA) is 101 Å². The fraction of sp³-hybridized carbons (Fsp3) is 0.364. The number of carbonyl (C=O) groups is 1. The van der Waals surface area contributed by atoms with Gasteiger partial charge in [-0.2, -0.15) is 0 Å². The molecule has 0 heterocycles. The van der Waals surface area contributed by atoms with Crippen LogP contribution in [0.2, 0.25) is 5.02 Å². The molecule has 4 N–H and O–H groups in total. The fourth-order valence-electron chi connectivity index (χ4n) is 1.28. The first-order valence-electron chi connectivity index (χ1n) is 5.41. The van der Waals surface area contributed by atoms with Crippen LogP contribution in [-0.4, -0.2) is 20.0 Å². The Balaban J connectivity index is 2.99. The number of carbonyl (C=O) groups excluding carboxylic acids is 1. The molecule has 0 aliphatic heterocycles. The highest BCUT2D eigenvalue weighted by Crippen LogP contribution is 2.22. The number of urea groups is 1. The van der Waals surface area contributed by atoms with Crippen LogP contribution in [0.5, 0.6) is 0 Å². The first-order chi connectivity index (χ1) is 8.51. The number of halogens is 1. The zero-order chi connectivity index (χ0) is 14.8. The standard InChI is InChI=1S/C11H16ClN3O3S/c1-11(2,3)14-10(16)15-19(17,18)9-6-7(12)4-5-8(9)13/h4-6H,13H2,1-3H3,(H2,14,15,16). The van der Waals surface area contributed by atoms with Crippen LogP contribution in [0.25, 0.3) is 0 Å². The van der Waals surface area contributed by atoms with Gasteiger partial charge >= 0.3 is 6.03 Å². The highest BCUT2D eigenvalue weighted by Gasteiger charge is 2.23. The van der Waals surface area contributed by atoms with Crippen molar-refractivity contribution in [1.82, 2.24) is 10.0 Å². The van der Waals surface area contributed by atoms with Gasteiger partial charge in [-0.05, 0) is 39.0 Å². The Morgan fingerprint density at radius 1 is 1.32 bits per heavy atom. The zero-order valence-corrected chi connectivity index (χ0v) is 12.4. The average molecular weight is 306 g/mol. The molecule has 8 heteroatoms. The van der Waals surface area contributed by atoms with E-state index in [1.807, 2.05) is 4.72 Å². The van der Waals surface area contributed by atoms with Gasteiger partial charge in [-0.25, -0.2) is 17.9 Å². The van der Waals surface area contributed by atoms with Gasteiger partial charge in [-0.15, -0.1) is 0 Å². The van der Waals surface area contributed by atoms with Crippen LogP contribution in [0, 0.1) is 0 Å². The maximum atomic E-state index is 12.0. The number of sulfonamides is 1. The Bertz CT molecular complexity index is 594. The molecular weight excluding hydrogens is 290 g/mol. The van der Waals surface area contributed by atoms with E-state index in [9.17, 15) is 13.2 Å². The summed E-state index contributed by atoms with van der Waals surface area (Å²) in [5.41, 5.74) is 5.03. The molecule has 0 aliphatic rings. The molecule has 2 amide bonds. The minimum Gasteiger partial charge on any atom is -0.398 e. The van der Waals surface area contributed by atoms with Gasteiger partial charge in [0.05, 0.1) is 5.69 Å². The van der Waals surface area contributed by atoms with Crippen LogP contribution in [0.3, 0.4) is 0 Å². The predicted molar refractivity (Wildman–Crippen MR) is 74.5 cm³/mol. The van der Waals surface area contributed by atoms with E-state index in [0.717, 1.165) is 0 Å². The molecule has 0 unspecified atom stereocenters. The smallest absolute Gasteiger partial charge is 0.329 e. The number of rotatable bonds is 2. The van der Waals surface area contributed by atoms with Crippen LogP contribution in [-0.2, 0) is 10.0 Å². The van der Waals surface area contributed by atoms with Gasteiger partial charge in [-0.1, -0.05) is 11.6 Å². The molecular formula is C11H16ClN3O3S. The van der Waals surface area contributed by atoms with E-state index in [-0.39, 0.29) is 15.6 Å². The van der Waals surface area contributed by atoms with E-state index in [4.69, 9.17) is 17.3 Å². The summed E-state index contributed by atoms with van der Waals surface area (Å²) in [6.45, 7) is 5.19. The summed E-state index contributed by atoms with van der Waals surface area (Å²) in [6.07, 6.45) is 0. The second-order valence-corrected chi connectivity index (χ2v) is 7.08. The van der Waals surface area contributed by atoms with Crippen molar-refractivity contribution >= 4 is 33.3 Å². The third kappa shape index (κ3) is 4.60. The summed E-state index contributed by atoms with van der Waals surface area (Å²) in [5.74, 6) is 0. The van der Waals surface area contributed by atoms with E-state index in [0.29, 0.717) is 0 Å². The Labute approximate surface area is 117 Å². The highest BCUT2D eigenvalue weighted by molar-refractivity contribution is 7.90. The molecule has 19 heavy (non-hydrogen) atoms. The summed E-state index contributed by atoms with van der Waals surface area (Å²) in [6, 6.07) is 3.18. The number of nitrogen functional groups attached to an aromatic ring is 1. The summed E-state index contributed by atoms with van der Waals surface area (Å²) in [4.78, 5) is 11.3. The van der Waals surface area contributed by atoms with Crippen molar-refractivity contribution in [1.29, 1.82) is 0 Å². The largest absolute Gasteiger partial charge is 0.398 e. The maximum absolute atomic E-state index is 12.0. The predicted octanol–water partition coefficient (Wildman–Crippen LogP) is 1.71. The van der Waals surface area contributed by atoms with Gasteiger partial charge in [0.15, 0.2) is 0 Å². The summed E-state index contributed by atoms with van der Waals surface area (Å²) >= 11 is 5.72. The lowest BCUT2D eigenvalue weighted by Crippen LogP contribution is -2.48. The third-order valence-corrected chi connectivity index (χ3v) is 3.60. The Kier molecular flexibility index (Phi) is 4.32. The lowest BCUT2D eigenvalue weighted by Gasteiger charge is -2.20. The minimum atomic E-state index is -4.06. The molecule has 0 saturated heterocycles. The first kappa shape index (κ1) is 15.6. The lowest BCUT2D eigenvalue weighted by molar-refractivity contribution is 0.237. The molecule has 1 aromatic carbocycles. The average Bonchev–Trinajstić information content (AvgIpc) is 2.17. The summed E-state index contributed by atoms with van der Waals surface area (Å²) in [5, 5.41) is 2.69. The number of benzene rings is 1. The van der Waals surface area contributed by atoms with Crippen molar-refractivity contribution < 1.29 is 13.2 Å². The number of hydrogen-bond donors (Lipinski definition) is 3. The van der Waals surface area contributed by atoms with Crippen LogP contribution >= 0.6 is 11.6 Å². The molecule has 0 atom stereocenters. The minimum absolute atomic E-state index is 0.0143. The normalized spacial score (nSPS) is 12.0. The molecule has 0 aliphatic carbocycles. The molecule has 1 aromatic rings. The molecule has 0 spiro atoms. The molecule has 0 fully saturated rings. The van der Waals surface area contributed by atoms with E-state index in [2.05, 4.69) is 5.32 Å². The number of nitrogens with one attached hydrogen (secondary N) is 2. The fourth-order valence-corrected chi connectivity index (χ4v) is 2.59. The lowest BCUT2D eigenvalue weighted by atomic mass is 10.1. The quantitative estimate of drug-likeness (QED) is 0.724. The van der Waals surface area contributed by atoms with Gasteiger partial charge < -0.3 is 11.1 Å². The molecule has 0 saturated carbocycles.